The zero-order valence-electron chi connectivity index (χ0n) is 26.0. The number of fused-ring (bicyclic) bond motifs is 2. The van der Waals surface area contributed by atoms with Crippen LogP contribution in [0.3, 0.4) is 0 Å². The SMILES string of the molecule is COC1=C/C(=O)c2c(O)c3c(c(O)c2C(=O)\C(C)=C/C=C\1)CC(C(=O)CN=O)C[C@]3(N)OC1CC[C@H](OC2COCCN2C)CO1. The number of allylic oxidation sites excluding steroid dienone is 5. The van der Waals surface area contributed by atoms with Gasteiger partial charge in [0.05, 0.1) is 44.2 Å². The van der Waals surface area contributed by atoms with E-state index in [0.717, 1.165) is 12.6 Å². The molecule has 0 radical (unpaired) electrons. The number of ketones is 3. The monoisotopic (exact) mass is 641 g/mol. The van der Waals surface area contributed by atoms with Crippen LogP contribution in [0.1, 0.15) is 58.0 Å². The number of likely N-dealkylation sites (N-methyl/N-ethyl adjacent to an activating group) is 1. The molecule has 1 aromatic rings. The van der Waals surface area contributed by atoms with Crippen molar-refractivity contribution in [1.29, 1.82) is 0 Å². The van der Waals surface area contributed by atoms with Crippen molar-refractivity contribution in [2.75, 3.05) is 47.1 Å². The van der Waals surface area contributed by atoms with Crippen LogP contribution >= 0.6 is 0 Å². The number of carbonyl (C=O) groups is 3. The summed E-state index contributed by atoms with van der Waals surface area (Å²) in [7, 11) is 3.30. The summed E-state index contributed by atoms with van der Waals surface area (Å²) in [5, 5.41) is 26.1. The fourth-order valence-corrected chi connectivity index (χ4v) is 6.31. The lowest BCUT2D eigenvalue weighted by atomic mass is 9.73. The molecule has 14 heteroatoms. The number of benzene rings is 1. The molecule has 3 unspecified atom stereocenters. The third-order valence-corrected chi connectivity index (χ3v) is 8.82. The molecule has 0 saturated carbocycles. The van der Waals surface area contributed by atoms with Gasteiger partial charge in [0.2, 0.25) is 0 Å². The van der Waals surface area contributed by atoms with Crippen molar-refractivity contribution in [1.82, 2.24) is 4.90 Å². The van der Waals surface area contributed by atoms with Gasteiger partial charge in [-0.2, -0.15) is 4.91 Å². The quantitative estimate of drug-likeness (QED) is 0.213. The second kappa shape index (κ2) is 13.9. The van der Waals surface area contributed by atoms with Crippen LogP contribution in [0, 0.1) is 10.8 Å². The van der Waals surface area contributed by atoms with E-state index >= 15 is 0 Å². The average molecular weight is 642 g/mol. The number of carbonyl (C=O) groups excluding carboxylic acids is 3. The third kappa shape index (κ3) is 6.68. The fourth-order valence-electron chi connectivity index (χ4n) is 6.31. The first-order valence-corrected chi connectivity index (χ1v) is 15.1. The highest BCUT2D eigenvalue weighted by Gasteiger charge is 2.48. The average Bonchev–Trinajstić information content (AvgIpc) is 3.02. The first-order valence-electron chi connectivity index (χ1n) is 15.1. The van der Waals surface area contributed by atoms with Crippen molar-refractivity contribution in [3.63, 3.8) is 0 Å². The lowest BCUT2D eigenvalue weighted by molar-refractivity contribution is -0.264. The molecule has 4 aliphatic rings. The van der Waals surface area contributed by atoms with Gasteiger partial charge in [0.25, 0.3) is 0 Å². The lowest BCUT2D eigenvalue weighted by Crippen LogP contribution is -2.51. The molecule has 5 rings (SSSR count). The summed E-state index contributed by atoms with van der Waals surface area (Å²) < 4.78 is 29.2. The Morgan fingerprint density at radius 1 is 1.20 bits per heavy atom. The van der Waals surface area contributed by atoms with Gasteiger partial charge in [-0.1, -0.05) is 17.3 Å². The second-order valence-electron chi connectivity index (χ2n) is 11.9. The zero-order valence-corrected chi connectivity index (χ0v) is 26.0. The molecular formula is C32H39N3O11. The summed E-state index contributed by atoms with van der Waals surface area (Å²) in [4.78, 5) is 53.3. The second-order valence-corrected chi connectivity index (χ2v) is 11.9. The normalized spacial score (nSPS) is 31.8. The van der Waals surface area contributed by atoms with Crippen LogP contribution in [-0.4, -0.2) is 98.2 Å². The molecular weight excluding hydrogens is 602 g/mol. The van der Waals surface area contributed by atoms with Crippen molar-refractivity contribution in [3.8, 4) is 11.5 Å². The summed E-state index contributed by atoms with van der Waals surface area (Å²) in [5.41, 5.74) is 3.89. The molecule has 248 valence electrons. The number of nitrogens with two attached hydrogens (primary N) is 1. The standard InChI is InChI=1S/C32H39N3O11/c1-17-5-4-6-19(42-3)12-22(36)26-27(29(17)38)30(39)21-11-18(23(37)14-34-41)13-32(33,28(21)31(26)40)46-25-8-7-20(15-44-25)45-24-16-43-10-9-35(24)2/h4-6,12,18,20,24-25,39-40H,7-11,13-16,33H2,1-3H3/b6-4-,17-5-,19-12+/t18?,20-,24?,25?,32-/m0/s1. The van der Waals surface area contributed by atoms with E-state index in [9.17, 15) is 29.5 Å². The number of nitroso groups, excluding NO2 is 1. The van der Waals surface area contributed by atoms with Gasteiger partial charge >= 0.3 is 0 Å². The van der Waals surface area contributed by atoms with E-state index in [1.807, 2.05) is 7.05 Å². The number of phenolic OH excluding ortho intramolecular Hbond substituents is 2. The molecule has 4 N–H and O–H groups in total. The maximum Gasteiger partial charge on any atom is 0.194 e. The molecule has 0 aromatic heterocycles. The molecule has 0 bridgehead atoms. The van der Waals surface area contributed by atoms with Crippen LogP contribution in [0.4, 0.5) is 0 Å². The lowest BCUT2D eigenvalue weighted by Gasteiger charge is -2.43. The summed E-state index contributed by atoms with van der Waals surface area (Å²) in [6, 6.07) is 0. The van der Waals surface area contributed by atoms with Crippen molar-refractivity contribution in [2.24, 2.45) is 16.8 Å². The number of morpholine rings is 1. The Morgan fingerprint density at radius 2 is 1.98 bits per heavy atom. The van der Waals surface area contributed by atoms with Crippen molar-refractivity contribution in [3.05, 3.63) is 62.8 Å². The summed E-state index contributed by atoms with van der Waals surface area (Å²) in [6.07, 6.45) is 4.58. The summed E-state index contributed by atoms with van der Waals surface area (Å²) >= 11 is 0. The first kappa shape index (κ1) is 33.6. The molecule has 2 aliphatic heterocycles. The summed E-state index contributed by atoms with van der Waals surface area (Å²) in [5.74, 6) is -4.25. The van der Waals surface area contributed by atoms with Crippen LogP contribution in [0.25, 0.3) is 0 Å². The maximum absolute atomic E-state index is 13.6. The smallest absolute Gasteiger partial charge is 0.194 e. The molecule has 14 nitrogen and oxygen atoms in total. The molecule has 2 fully saturated rings. The van der Waals surface area contributed by atoms with Gasteiger partial charge in [-0.15, -0.1) is 0 Å². The summed E-state index contributed by atoms with van der Waals surface area (Å²) in [6.45, 7) is 2.80. The van der Waals surface area contributed by atoms with E-state index in [4.69, 9.17) is 29.4 Å². The minimum Gasteiger partial charge on any atom is -0.507 e. The predicted molar refractivity (Wildman–Crippen MR) is 162 cm³/mol. The number of hydrogen-bond acceptors (Lipinski definition) is 14. The topological polar surface area (TPSA) is 197 Å². The van der Waals surface area contributed by atoms with E-state index in [0.29, 0.717) is 26.1 Å². The molecule has 46 heavy (non-hydrogen) atoms. The van der Waals surface area contributed by atoms with E-state index < -0.39 is 64.5 Å². The van der Waals surface area contributed by atoms with Gasteiger partial charge in [0.1, 0.15) is 30.0 Å². The Hall–Kier alpha value is -3.79. The van der Waals surface area contributed by atoms with Crippen LogP contribution < -0.4 is 5.73 Å². The predicted octanol–water partition coefficient (Wildman–Crippen LogP) is 2.35. The van der Waals surface area contributed by atoms with Gasteiger partial charge in [0, 0.05) is 42.5 Å². The van der Waals surface area contributed by atoms with Gasteiger partial charge < -0.3 is 33.9 Å². The highest BCUT2D eigenvalue weighted by atomic mass is 16.7. The molecule has 2 saturated heterocycles. The van der Waals surface area contributed by atoms with Gasteiger partial charge in [-0.05, 0) is 38.5 Å². The zero-order chi connectivity index (χ0) is 33.2. The Balaban J connectivity index is 1.53. The van der Waals surface area contributed by atoms with E-state index in [1.54, 1.807) is 0 Å². The molecule has 1 aromatic carbocycles. The molecule has 2 heterocycles. The number of phenols is 2. The number of hydrogen-bond donors (Lipinski definition) is 3. The molecule has 5 atom stereocenters. The number of rotatable bonds is 8. The van der Waals surface area contributed by atoms with Gasteiger partial charge in [-0.25, -0.2) is 0 Å². The minimum absolute atomic E-state index is 0.0518. The molecule has 0 spiro atoms. The number of Topliss-reactive ketones (excluding diaryl/α,β-unsaturated/α-hetero) is 2. The number of methoxy groups -OCH3 is 1. The Labute approximate surface area is 265 Å². The van der Waals surface area contributed by atoms with E-state index in [-0.39, 0.29) is 54.2 Å². The highest BCUT2D eigenvalue weighted by Crippen LogP contribution is 2.50. The fraction of sp³-hybridized carbons (Fsp3) is 0.531. The Kier molecular flexibility index (Phi) is 10.2. The third-order valence-electron chi connectivity index (χ3n) is 8.82. The van der Waals surface area contributed by atoms with E-state index in [1.165, 1.54) is 32.3 Å². The first-order chi connectivity index (χ1) is 22.0. The number of ether oxygens (including phenoxy) is 5. The maximum atomic E-state index is 13.6. The number of aromatic hydroxyl groups is 2. The minimum atomic E-state index is -1.99. The van der Waals surface area contributed by atoms with Crippen molar-refractivity contribution < 1.29 is 48.3 Å². The van der Waals surface area contributed by atoms with Gasteiger partial charge in [0.15, 0.2) is 29.4 Å². The Morgan fingerprint density at radius 3 is 2.65 bits per heavy atom. The molecule has 0 amide bonds. The Bertz CT molecular complexity index is 1490. The van der Waals surface area contributed by atoms with Gasteiger partial charge in [-0.3, -0.25) is 25.0 Å². The largest absolute Gasteiger partial charge is 0.507 e. The van der Waals surface area contributed by atoms with E-state index in [2.05, 4.69) is 10.1 Å². The van der Waals surface area contributed by atoms with Crippen LogP contribution in [-0.2, 0) is 40.6 Å². The highest BCUT2D eigenvalue weighted by molar-refractivity contribution is 6.21. The van der Waals surface area contributed by atoms with Crippen molar-refractivity contribution in [2.45, 2.75) is 57.0 Å². The van der Waals surface area contributed by atoms with Crippen LogP contribution in [0.2, 0.25) is 0 Å². The van der Waals surface area contributed by atoms with Crippen molar-refractivity contribution >= 4 is 17.3 Å². The van der Waals surface area contributed by atoms with Crippen LogP contribution in [0.15, 0.2) is 40.8 Å². The van der Waals surface area contributed by atoms with Crippen LogP contribution in [0.5, 0.6) is 11.5 Å². The molecule has 2 aliphatic carbocycles. The number of nitrogens with zero attached hydrogens (tertiary/aromatic N) is 2.